The number of para-hydroxylation sites is 1. The molecule has 1 aliphatic rings. The first kappa shape index (κ1) is 22.9. The van der Waals surface area contributed by atoms with E-state index in [4.69, 9.17) is 9.97 Å². The molecule has 0 amide bonds. The van der Waals surface area contributed by atoms with Crippen molar-refractivity contribution in [1.82, 2.24) is 34.9 Å². The van der Waals surface area contributed by atoms with Crippen molar-refractivity contribution in [3.05, 3.63) is 73.1 Å². The number of anilines is 2. The van der Waals surface area contributed by atoms with Gasteiger partial charge in [-0.3, -0.25) is 19.9 Å². The fourth-order valence-electron chi connectivity index (χ4n) is 5.27. The van der Waals surface area contributed by atoms with E-state index in [1.54, 1.807) is 18.6 Å². The van der Waals surface area contributed by atoms with Crippen molar-refractivity contribution >= 4 is 56.2 Å². The summed E-state index contributed by atoms with van der Waals surface area (Å²) >= 11 is 1.51. The summed E-state index contributed by atoms with van der Waals surface area (Å²) in [5.41, 5.74) is 5.70. The quantitative estimate of drug-likeness (QED) is 0.289. The Balaban J connectivity index is 1.30. The Morgan fingerprint density at radius 3 is 2.71 bits per heavy atom. The van der Waals surface area contributed by atoms with Crippen molar-refractivity contribution in [2.45, 2.75) is 28.8 Å². The van der Waals surface area contributed by atoms with Crippen LogP contribution in [0.3, 0.4) is 0 Å². The predicted molar refractivity (Wildman–Crippen MR) is 151 cm³/mol. The Bertz CT molecular complexity index is 1760. The van der Waals surface area contributed by atoms with Crippen LogP contribution in [0.5, 0.6) is 0 Å². The zero-order valence-electron chi connectivity index (χ0n) is 20.8. The molecule has 5 aromatic heterocycles. The van der Waals surface area contributed by atoms with Gasteiger partial charge in [-0.1, -0.05) is 12.1 Å². The summed E-state index contributed by atoms with van der Waals surface area (Å²) in [6.07, 6.45) is 11.0. The van der Waals surface area contributed by atoms with E-state index >= 15 is 0 Å². The van der Waals surface area contributed by atoms with Crippen molar-refractivity contribution in [3.63, 3.8) is 0 Å². The number of piperidine rings is 1. The molecule has 1 saturated heterocycles. The standard InChI is InChI=1S/C28H25N9S/c1-29-21-5-2-4-19-24-26(34-25(19)21)35-28(38-18-14-22-20(33-15-18)6-3-9-31-22)36-27(24)37-12-7-17(8-13-37)23-16-30-10-11-32-23/h2-6,9-11,14-17,29H,7-8,12-13H2,1H3,(H,34,35,36). The van der Waals surface area contributed by atoms with Gasteiger partial charge in [0.15, 0.2) is 5.16 Å². The Kier molecular flexibility index (Phi) is 5.73. The Hall–Kier alpha value is -4.31. The van der Waals surface area contributed by atoms with Gasteiger partial charge >= 0.3 is 0 Å². The maximum atomic E-state index is 5.14. The summed E-state index contributed by atoms with van der Waals surface area (Å²) in [6.45, 7) is 1.77. The predicted octanol–water partition coefficient (Wildman–Crippen LogP) is 5.42. The maximum absolute atomic E-state index is 5.14. The van der Waals surface area contributed by atoms with Crippen LogP contribution >= 0.6 is 11.8 Å². The van der Waals surface area contributed by atoms with E-state index in [0.717, 1.165) is 81.0 Å². The molecule has 6 aromatic rings. The van der Waals surface area contributed by atoms with Crippen LogP contribution in [0.4, 0.5) is 11.5 Å². The number of pyridine rings is 2. The van der Waals surface area contributed by atoms with E-state index < -0.39 is 0 Å². The van der Waals surface area contributed by atoms with Crippen molar-refractivity contribution in [1.29, 1.82) is 0 Å². The minimum atomic E-state index is 0.404. The van der Waals surface area contributed by atoms with Gasteiger partial charge in [-0.05, 0) is 48.9 Å². The summed E-state index contributed by atoms with van der Waals surface area (Å²) in [6, 6.07) is 12.2. The number of H-pyrrole nitrogens is 1. The lowest BCUT2D eigenvalue weighted by Gasteiger charge is -2.33. The van der Waals surface area contributed by atoms with E-state index in [9.17, 15) is 0 Å². The lowest BCUT2D eigenvalue weighted by Crippen LogP contribution is -2.34. The molecule has 6 heterocycles. The molecule has 9 nitrogen and oxygen atoms in total. The summed E-state index contributed by atoms with van der Waals surface area (Å²) < 4.78 is 0. The van der Waals surface area contributed by atoms with E-state index in [0.29, 0.717) is 11.1 Å². The lowest BCUT2D eigenvalue weighted by molar-refractivity contribution is 0.492. The van der Waals surface area contributed by atoms with Gasteiger partial charge in [-0.2, -0.15) is 0 Å². The van der Waals surface area contributed by atoms with Crippen molar-refractivity contribution in [2.75, 3.05) is 30.4 Å². The molecule has 0 unspecified atom stereocenters. The number of hydrogen-bond donors (Lipinski definition) is 2. The van der Waals surface area contributed by atoms with Crippen molar-refractivity contribution in [2.24, 2.45) is 0 Å². The highest BCUT2D eigenvalue weighted by atomic mass is 32.2. The fraction of sp³-hybridized carbons (Fsp3) is 0.214. The van der Waals surface area contributed by atoms with Gasteiger partial charge in [0, 0.05) is 67.3 Å². The molecular weight excluding hydrogens is 494 g/mol. The molecule has 1 aromatic carbocycles. The SMILES string of the molecule is CNc1cccc2c1[nH]c1nc(Sc3cnc4cccnc4c3)nc(N3CCC(c4cnccn4)CC3)c12. The summed E-state index contributed by atoms with van der Waals surface area (Å²) in [7, 11) is 1.94. The molecule has 0 bridgehead atoms. The number of benzene rings is 1. The maximum Gasteiger partial charge on any atom is 0.196 e. The average Bonchev–Trinajstić information content (AvgIpc) is 3.36. The number of nitrogens with one attached hydrogen (secondary N) is 2. The number of aromatic amines is 1. The van der Waals surface area contributed by atoms with Gasteiger partial charge in [0.05, 0.1) is 33.3 Å². The van der Waals surface area contributed by atoms with Gasteiger partial charge in [-0.25, -0.2) is 9.97 Å². The van der Waals surface area contributed by atoms with Gasteiger partial charge < -0.3 is 15.2 Å². The van der Waals surface area contributed by atoms with Gasteiger partial charge in [0.1, 0.15) is 11.5 Å². The molecule has 10 heteroatoms. The Morgan fingerprint density at radius 2 is 1.87 bits per heavy atom. The van der Waals surface area contributed by atoms with Crippen LogP contribution < -0.4 is 10.2 Å². The van der Waals surface area contributed by atoms with Crippen LogP contribution in [0.25, 0.3) is 33.0 Å². The molecule has 0 spiro atoms. The number of aromatic nitrogens is 7. The number of hydrogen-bond acceptors (Lipinski definition) is 9. The number of fused-ring (bicyclic) bond motifs is 4. The highest BCUT2D eigenvalue weighted by Crippen LogP contribution is 2.39. The Morgan fingerprint density at radius 1 is 0.947 bits per heavy atom. The molecule has 0 saturated carbocycles. The van der Waals surface area contributed by atoms with Crippen LogP contribution in [0.15, 0.2) is 77.4 Å². The molecule has 7 rings (SSSR count). The molecule has 0 atom stereocenters. The van der Waals surface area contributed by atoms with Crippen LogP contribution in [-0.4, -0.2) is 55.0 Å². The molecule has 188 valence electrons. The number of nitrogens with zero attached hydrogens (tertiary/aromatic N) is 7. The minimum absolute atomic E-state index is 0.404. The lowest BCUT2D eigenvalue weighted by atomic mass is 9.93. The fourth-order valence-corrected chi connectivity index (χ4v) is 6.02. The first-order valence-electron chi connectivity index (χ1n) is 12.7. The second-order valence-corrected chi connectivity index (χ2v) is 10.4. The molecular formula is C28H25N9S. The van der Waals surface area contributed by atoms with Crippen molar-refractivity contribution < 1.29 is 0 Å². The van der Waals surface area contributed by atoms with Crippen LogP contribution in [-0.2, 0) is 0 Å². The zero-order valence-corrected chi connectivity index (χ0v) is 21.6. The third-order valence-electron chi connectivity index (χ3n) is 7.15. The second-order valence-electron chi connectivity index (χ2n) is 9.36. The second kappa shape index (κ2) is 9.53. The summed E-state index contributed by atoms with van der Waals surface area (Å²) in [4.78, 5) is 34.9. The van der Waals surface area contributed by atoms with E-state index in [2.05, 4.69) is 53.3 Å². The molecule has 0 radical (unpaired) electrons. The van der Waals surface area contributed by atoms with Gasteiger partial charge in [0.2, 0.25) is 0 Å². The highest BCUT2D eigenvalue weighted by molar-refractivity contribution is 7.99. The molecule has 2 N–H and O–H groups in total. The van der Waals surface area contributed by atoms with Crippen molar-refractivity contribution in [3.8, 4) is 0 Å². The monoisotopic (exact) mass is 519 g/mol. The van der Waals surface area contributed by atoms with E-state index in [1.165, 1.54) is 11.8 Å². The van der Waals surface area contributed by atoms with Crippen LogP contribution in [0.2, 0.25) is 0 Å². The molecule has 0 aliphatic carbocycles. The average molecular weight is 520 g/mol. The summed E-state index contributed by atoms with van der Waals surface area (Å²) in [5, 5.41) is 6.15. The third kappa shape index (κ3) is 4.06. The first-order chi connectivity index (χ1) is 18.8. The zero-order chi connectivity index (χ0) is 25.5. The van der Waals surface area contributed by atoms with Gasteiger partial charge in [-0.15, -0.1) is 0 Å². The topological polar surface area (TPSA) is 108 Å². The Labute approximate surface area is 223 Å². The highest BCUT2D eigenvalue weighted by Gasteiger charge is 2.26. The van der Waals surface area contributed by atoms with E-state index in [-0.39, 0.29) is 0 Å². The largest absolute Gasteiger partial charge is 0.386 e. The smallest absolute Gasteiger partial charge is 0.196 e. The molecule has 38 heavy (non-hydrogen) atoms. The molecule has 1 aliphatic heterocycles. The van der Waals surface area contributed by atoms with Crippen LogP contribution in [0, 0.1) is 0 Å². The normalized spacial score (nSPS) is 14.5. The molecule has 1 fully saturated rings. The number of rotatable bonds is 5. The minimum Gasteiger partial charge on any atom is -0.386 e. The first-order valence-corrected chi connectivity index (χ1v) is 13.5. The third-order valence-corrected chi connectivity index (χ3v) is 7.97. The van der Waals surface area contributed by atoms with Crippen LogP contribution in [0.1, 0.15) is 24.5 Å². The summed E-state index contributed by atoms with van der Waals surface area (Å²) in [5.74, 6) is 1.36. The van der Waals surface area contributed by atoms with Gasteiger partial charge in [0.25, 0.3) is 0 Å². The van der Waals surface area contributed by atoms with E-state index in [1.807, 2.05) is 37.6 Å².